The minimum atomic E-state index is -1.11. The van der Waals surface area contributed by atoms with Gasteiger partial charge in [-0.05, 0) is 39.7 Å². The van der Waals surface area contributed by atoms with Crippen molar-refractivity contribution < 1.29 is 14.7 Å². The normalized spacial score (nSPS) is 21.5. The van der Waals surface area contributed by atoms with Crippen LogP contribution in [0.2, 0.25) is 0 Å². The molecule has 86 valence electrons. The molecule has 3 N–H and O–H groups in total. The summed E-state index contributed by atoms with van der Waals surface area (Å²) in [6, 6.07) is -0.373. The molecule has 0 saturated heterocycles. The Morgan fingerprint density at radius 1 is 1.47 bits per heavy atom. The molecule has 1 fully saturated rings. The molecule has 0 radical (unpaired) electrons. The van der Waals surface area contributed by atoms with E-state index in [1.807, 2.05) is 0 Å². The van der Waals surface area contributed by atoms with Crippen LogP contribution in [0.3, 0.4) is 0 Å². The average Bonchev–Trinajstić information content (AvgIpc) is 2.99. The van der Waals surface area contributed by atoms with Crippen LogP contribution in [0.25, 0.3) is 0 Å². The van der Waals surface area contributed by atoms with E-state index >= 15 is 0 Å². The molecule has 5 heteroatoms. The van der Waals surface area contributed by atoms with Crippen LogP contribution in [0, 0.1) is 5.92 Å². The van der Waals surface area contributed by atoms with Gasteiger partial charge in [-0.3, -0.25) is 4.79 Å². The number of rotatable bonds is 5. The van der Waals surface area contributed by atoms with Crippen LogP contribution in [-0.4, -0.2) is 35.6 Å². The second-order valence-electron chi connectivity index (χ2n) is 4.28. The minimum absolute atomic E-state index is 0.0722. The number of hydrogen-bond donors (Lipinski definition) is 3. The van der Waals surface area contributed by atoms with Gasteiger partial charge in [0.25, 0.3) is 0 Å². The average molecular weight is 214 g/mol. The summed E-state index contributed by atoms with van der Waals surface area (Å²) in [5, 5.41) is 14.5. The number of amides is 1. The lowest BCUT2D eigenvalue weighted by Gasteiger charge is -2.27. The van der Waals surface area contributed by atoms with Gasteiger partial charge in [0.2, 0.25) is 5.91 Å². The molecule has 15 heavy (non-hydrogen) atoms. The van der Waals surface area contributed by atoms with Gasteiger partial charge in [0, 0.05) is 0 Å². The van der Waals surface area contributed by atoms with Crippen LogP contribution in [0.5, 0.6) is 0 Å². The van der Waals surface area contributed by atoms with Crippen LogP contribution in [0.1, 0.15) is 26.7 Å². The number of carbonyl (C=O) groups excluding carboxylic acids is 1. The maximum absolute atomic E-state index is 11.6. The van der Waals surface area contributed by atoms with Gasteiger partial charge < -0.3 is 15.7 Å². The van der Waals surface area contributed by atoms with E-state index in [9.17, 15) is 9.59 Å². The van der Waals surface area contributed by atoms with Gasteiger partial charge in [-0.15, -0.1) is 0 Å². The van der Waals surface area contributed by atoms with Crippen molar-refractivity contribution in [3.05, 3.63) is 0 Å². The zero-order valence-electron chi connectivity index (χ0n) is 9.33. The Kier molecular flexibility index (Phi) is 3.34. The Morgan fingerprint density at radius 2 is 2.00 bits per heavy atom. The fourth-order valence-electron chi connectivity index (χ4n) is 1.49. The summed E-state index contributed by atoms with van der Waals surface area (Å²) in [5.41, 5.74) is -1.11. The van der Waals surface area contributed by atoms with Crippen LogP contribution in [0.4, 0.5) is 0 Å². The van der Waals surface area contributed by atoms with Crippen molar-refractivity contribution in [3.8, 4) is 0 Å². The van der Waals surface area contributed by atoms with Gasteiger partial charge in [0.05, 0.1) is 6.04 Å². The van der Waals surface area contributed by atoms with Crippen molar-refractivity contribution in [1.82, 2.24) is 10.6 Å². The predicted octanol–water partition coefficient (Wildman–Crippen LogP) is -0.0362. The van der Waals surface area contributed by atoms with Crippen molar-refractivity contribution in [1.29, 1.82) is 0 Å². The molecule has 2 unspecified atom stereocenters. The van der Waals surface area contributed by atoms with Gasteiger partial charge in [-0.2, -0.15) is 0 Å². The van der Waals surface area contributed by atoms with E-state index in [0.717, 1.165) is 12.8 Å². The van der Waals surface area contributed by atoms with Crippen LogP contribution >= 0.6 is 0 Å². The molecule has 0 aromatic carbocycles. The van der Waals surface area contributed by atoms with E-state index in [1.165, 1.54) is 0 Å². The second kappa shape index (κ2) is 4.18. The number of carbonyl (C=O) groups is 2. The summed E-state index contributed by atoms with van der Waals surface area (Å²) in [6.07, 6.45) is 1.74. The number of carboxylic acids is 1. The fourth-order valence-corrected chi connectivity index (χ4v) is 1.49. The Hall–Kier alpha value is -1.10. The first-order valence-electron chi connectivity index (χ1n) is 5.14. The van der Waals surface area contributed by atoms with E-state index in [4.69, 9.17) is 5.11 Å². The predicted molar refractivity (Wildman–Crippen MR) is 55.4 cm³/mol. The third-order valence-electron chi connectivity index (χ3n) is 3.05. The van der Waals surface area contributed by atoms with E-state index in [1.54, 1.807) is 20.9 Å². The first-order chi connectivity index (χ1) is 6.91. The molecular formula is C10H18N2O3. The SMILES string of the molecule is CNC(C)C(=O)NC(C)(C(=O)O)C1CC1. The highest BCUT2D eigenvalue weighted by Crippen LogP contribution is 2.39. The molecule has 0 heterocycles. The summed E-state index contributed by atoms with van der Waals surface area (Å²) in [5.74, 6) is -1.15. The number of carboxylic acid groups (broad SMARTS) is 1. The third-order valence-corrected chi connectivity index (χ3v) is 3.05. The second-order valence-corrected chi connectivity index (χ2v) is 4.28. The molecule has 0 aliphatic heterocycles. The molecule has 5 nitrogen and oxygen atoms in total. The zero-order valence-corrected chi connectivity index (χ0v) is 9.33. The number of likely N-dealkylation sites (N-methyl/N-ethyl adjacent to an activating group) is 1. The molecule has 0 aromatic rings. The van der Waals surface area contributed by atoms with Gasteiger partial charge in [-0.1, -0.05) is 0 Å². The summed E-state index contributed by atoms with van der Waals surface area (Å²) in [4.78, 5) is 22.7. The Labute approximate surface area is 89.2 Å². The molecule has 1 aliphatic rings. The van der Waals surface area contributed by atoms with Crippen LogP contribution < -0.4 is 10.6 Å². The number of hydrogen-bond acceptors (Lipinski definition) is 3. The molecule has 1 amide bonds. The van der Waals surface area contributed by atoms with Crippen molar-refractivity contribution >= 4 is 11.9 Å². The zero-order chi connectivity index (χ0) is 11.6. The van der Waals surface area contributed by atoms with E-state index in [2.05, 4.69) is 10.6 Å². The first kappa shape index (κ1) is 12.0. The Balaban J connectivity index is 2.67. The summed E-state index contributed by atoms with van der Waals surface area (Å²) >= 11 is 0. The molecule has 1 saturated carbocycles. The lowest BCUT2D eigenvalue weighted by atomic mass is 9.95. The number of aliphatic carboxylic acids is 1. The molecule has 0 spiro atoms. The van der Waals surface area contributed by atoms with E-state index in [0.29, 0.717) is 0 Å². The van der Waals surface area contributed by atoms with Crippen molar-refractivity contribution in [2.24, 2.45) is 5.92 Å². The maximum Gasteiger partial charge on any atom is 0.329 e. The van der Waals surface area contributed by atoms with Crippen molar-refractivity contribution in [2.75, 3.05) is 7.05 Å². The van der Waals surface area contributed by atoms with Crippen LogP contribution in [-0.2, 0) is 9.59 Å². The van der Waals surface area contributed by atoms with Crippen molar-refractivity contribution in [2.45, 2.75) is 38.3 Å². The Bertz CT molecular complexity index is 276. The topological polar surface area (TPSA) is 78.4 Å². The quantitative estimate of drug-likeness (QED) is 0.600. The van der Waals surface area contributed by atoms with Gasteiger partial charge >= 0.3 is 5.97 Å². The molecule has 0 bridgehead atoms. The van der Waals surface area contributed by atoms with E-state index < -0.39 is 11.5 Å². The largest absolute Gasteiger partial charge is 0.480 e. The minimum Gasteiger partial charge on any atom is -0.480 e. The lowest BCUT2D eigenvalue weighted by Crippen LogP contribution is -2.57. The molecule has 0 aromatic heterocycles. The highest BCUT2D eigenvalue weighted by Gasteiger charge is 2.48. The van der Waals surface area contributed by atoms with E-state index in [-0.39, 0.29) is 17.9 Å². The van der Waals surface area contributed by atoms with Gasteiger partial charge in [0.15, 0.2) is 0 Å². The maximum atomic E-state index is 11.6. The molecule has 1 aliphatic carbocycles. The van der Waals surface area contributed by atoms with Crippen molar-refractivity contribution in [3.63, 3.8) is 0 Å². The third kappa shape index (κ3) is 2.47. The highest BCUT2D eigenvalue weighted by atomic mass is 16.4. The molecular weight excluding hydrogens is 196 g/mol. The first-order valence-corrected chi connectivity index (χ1v) is 5.14. The lowest BCUT2D eigenvalue weighted by molar-refractivity contribution is -0.148. The van der Waals surface area contributed by atoms with Gasteiger partial charge in [-0.25, -0.2) is 4.79 Å². The summed E-state index contributed by atoms with van der Waals surface area (Å²) < 4.78 is 0. The summed E-state index contributed by atoms with van der Waals surface area (Å²) in [7, 11) is 1.67. The van der Waals surface area contributed by atoms with Gasteiger partial charge in [0.1, 0.15) is 5.54 Å². The number of nitrogens with one attached hydrogen (secondary N) is 2. The standard InChI is InChI=1S/C10H18N2O3/c1-6(11-3)8(13)12-10(2,9(14)15)7-4-5-7/h6-7,11H,4-5H2,1-3H3,(H,12,13)(H,14,15). The fraction of sp³-hybridized carbons (Fsp3) is 0.800. The van der Waals surface area contributed by atoms with Crippen LogP contribution in [0.15, 0.2) is 0 Å². The monoisotopic (exact) mass is 214 g/mol. The molecule has 2 atom stereocenters. The highest BCUT2D eigenvalue weighted by molar-refractivity contribution is 5.89. The summed E-state index contributed by atoms with van der Waals surface area (Å²) in [6.45, 7) is 3.28. The smallest absolute Gasteiger partial charge is 0.329 e. The molecule has 1 rings (SSSR count). The Morgan fingerprint density at radius 3 is 2.33 bits per heavy atom.